The van der Waals surface area contributed by atoms with Gasteiger partial charge in [0.05, 0.1) is 0 Å². The molecule has 18 heavy (non-hydrogen) atoms. The van der Waals surface area contributed by atoms with Crippen molar-refractivity contribution in [2.45, 2.75) is 44.1 Å². The lowest BCUT2D eigenvalue weighted by molar-refractivity contribution is -0.118. The predicted molar refractivity (Wildman–Crippen MR) is 72.7 cm³/mol. The number of benzene rings is 1. The predicted octanol–water partition coefficient (Wildman–Crippen LogP) is 1.97. The van der Waals surface area contributed by atoms with Gasteiger partial charge in [0.15, 0.2) is 0 Å². The largest absolute Gasteiger partial charge is 0.327 e. The average Bonchev–Trinajstić information content (AvgIpc) is 3.15. The highest BCUT2D eigenvalue weighted by atomic mass is 16.2. The van der Waals surface area contributed by atoms with Crippen molar-refractivity contribution in [3.63, 3.8) is 0 Å². The van der Waals surface area contributed by atoms with Gasteiger partial charge in [-0.25, -0.2) is 0 Å². The average molecular weight is 244 g/mol. The van der Waals surface area contributed by atoms with Gasteiger partial charge >= 0.3 is 0 Å². The smallest absolute Gasteiger partial charge is 0.227 e. The Labute approximate surface area is 108 Å². The van der Waals surface area contributed by atoms with Crippen molar-refractivity contribution in [1.29, 1.82) is 0 Å². The summed E-state index contributed by atoms with van der Waals surface area (Å²) in [7, 11) is 1.87. The van der Waals surface area contributed by atoms with Crippen LogP contribution in [0.1, 0.15) is 37.3 Å². The highest BCUT2D eigenvalue weighted by Crippen LogP contribution is 2.53. The highest BCUT2D eigenvalue weighted by Gasteiger charge is 2.49. The zero-order valence-corrected chi connectivity index (χ0v) is 11.1. The lowest BCUT2D eigenvalue weighted by Gasteiger charge is -2.31. The van der Waals surface area contributed by atoms with Gasteiger partial charge in [-0.3, -0.25) is 4.79 Å². The van der Waals surface area contributed by atoms with E-state index in [1.54, 1.807) is 4.90 Å². The van der Waals surface area contributed by atoms with E-state index in [1.807, 2.05) is 13.1 Å². The molecule has 3 nitrogen and oxygen atoms in total. The second-order valence-electron chi connectivity index (χ2n) is 5.70. The Balaban J connectivity index is 2.11. The summed E-state index contributed by atoms with van der Waals surface area (Å²) in [6, 6.07) is 6.50. The van der Waals surface area contributed by atoms with Crippen molar-refractivity contribution in [1.82, 2.24) is 0 Å². The molecule has 1 heterocycles. The number of anilines is 1. The summed E-state index contributed by atoms with van der Waals surface area (Å²) in [6.07, 6.45) is 3.84. The summed E-state index contributed by atoms with van der Waals surface area (Å²) in [5.41, 5.74) is 10.2. The fraction of sp³-hybridized carbons (Fsp3) is 0.533. The van der Waals surface area contributed by atoms with Crippen molar-refractivity contribution in [3.8, 4) is 0 Å². The zero-order chi connectivity index (χ0) is 12.9. The molecule has 3 heteroatoms. The Morgan fingerprint density at radius 3 is 2.67 bits per heavy atom. The van der Waals surface area contributed by atoms with Crippen LogP contribution in [-0.4, -0.2) is 19.0 Å². The van der Waals surface area contributed by atoms with Gasteiger partial charge in [-0.2, -0.15) is 0 Å². The summed E-state index contributed by atoms with van der Waals surface area (Å²) in [6.45, 7) is 2.10. The van der Waals surface area contributed by atoms with Crippen LogP contribution in [0.15, 0.2) is 18.2 Å². The van der Waals surface area contributed by atoms with E-state index < -0.39 is 0 Å². The Bertz CT molecular complexity index is 503. The quantitative estimate of drug-likeness (QED) is 0.864. The normalized spacial score (nSPS) is 22.6. The van der Waals surface area contributed by atoms with Crippen molar-refractivity contribution >= 4 is 11.6 Å². The lowest BCUT2D eigenvalue weighted by Crippen LogP contribution is -2.36. The van der Waals surface area contributed by atoms with Gasteiger partial charge in [0.1, 0.15) is 0 Å². The van der Waals surface area contributed by atoms with Gasteiger partial charge in [0, 0.05) is 30.6 Å². The molecule has 1 aliphatic carbocycles. The minimum absolute atomic E-state index is 0.173. The Morgan fingerprint density at radius 1 is 1.33 bits per heavy atom. The molecule has 1 atom stereocenters. The molecule has 0 saturated heterocycles. The molecule has 1 aromatic carbocycles. The van der Waals surface area contributed by atoms with Crippen molar-refractivity contribution < 1.29 is 4.79 Å². The monoisotopic (exact) mass is 244 g/mol. The number of amides is 1. The standard InChI is InChI=1S/C15H20N2O/c1-10(16)15(8-9-15)12-4-3-5-13-11(12)6-7-14(18)17(13)2/h3-5,10H,6-9,16H2,1-2H3. The van der Waals surface area contributed by atoms with Crippen LogP contribution in [-0.2, 0) is 16.6 Å². The first-order valence-electron chi connectivity index (χ1n) is 6.71. The van der Waals surface area contributed by atoms with Gasteiger partial charge in [0.25, 0.3) is 0 Å². The summed E-state index contributed by atoms with van der Waals surface area (Å²) in [4.78, 5) is 13.6. The molecule has 0 spiro atoms. The molecular formula is C15H20N2O. The molecule has 0 radical (unpaired) electrons. The first-order chi connectivity index (χ1) is 8.56. The minimum atomic E-state index is 0.173. The molecule has 96 valence electrons. The third-order valence-electron chi connectivity index (χ3n) is 4.67. The second-order valence-corrected chi connectivity index (χ2v) is 5.70. The SMILES string of the molecule is CC(N)C1(c2cccc3c2CCC(=O)N3C)CC1. The third-order valence-corrected chi connectivity index (χ3v) is 4.67. The number of rotatable bonds is 2. The molecule has 1 unspecified atom stereocenters. The molecule has 1 saturated carbocycles. The van der Waals surface area contributed by atoms with E-state index in [9.17, 15) is 4.79 Å². The summed E-state index contributed by atoms with van der Waals surface area (Å²) >= 11 is 0. The minimum Gasteiger partial charge on any atom is -0.327 e. The lowest BCUT2D eigenvalue weighted by atomic mass is 9.83. The molecule has 1 fully saturated rings. The summed E-state index contributed by atoms with van der Waals surface area (Å²) in [5, 5.41) is 0. The zero-order valence-electron chi connectivity index (χ0n) is 11.1. The van der Waals surface area contributed by atoms with Crippen LogP contribution in [0.4, 0.5) is 5.69 Å². The van der Waals surface area contributed by atoms with Crippen LogP contribution < -0.4 is 10.6 Å². The maximum atomic E-state index is 11.8. The first kappa shape index (κ1) is 11.7. The van der Waals surface area contributed by atoms with Crippen molar-refractivity contribution in [2.75, 3.05) is 11.9 Å². The number of nitrogens with two attached hydrogens (primary N) is 1. The summed E-state index contributed by atoms with van der Waals surface area (Å²) < 4.78 is 0. The van der Waals surface area contributed by atoms with E-state index in [0.717, 1.165) is 12.1 Å². The fourth-order valence-electron chi connectivity index (χ4n) is 3.26. The number of fused-ring (bicyclic) bond motifs is 1. The topological polar surface area (TPSA) is 46.3 Å². The molecule has 0 aromatic heterocycles. The Morgan fingerprint density at radius 2 is 2.06 bits per heavy atom. The number of nitrogens with zero attached hydrogens (tertiary/aromatic N) is 1. The number of hydrogen-bond donors (Lipinski definition) is 1. The van der Waals surface area contributed by atoms with Crippen LogP contribution in [0.5, 0.6) is 0 Å². The van der Waals surface area contributed by atoms with E-state index >= 15 is 0 Å². The van der Waals surface area contributed by atoms with Crippen LogP contribution >= 0.6 is 0 Å². The molecular weight excluding hydrogens is 224 g/mol. The van der Waals surface area contributed by atoms with Gasteiger partial charge in [-0.15, -0.1) is 0 Å². The van der Waals surface area contributed by atoms with Crippen LogP contribution in [0.3, 0.4) is 0 Å². The first-order valence-corrected chi connectivity index (χ1v) is 6.71. The van der Waals surface area contributed by atoms with Crippen LogP contribution in [0.2, 0.25) is 0 Å². The fourth-order valence-corrected chi connectivity index (χ4v) is 3.26. The molecule has 2 N–H and O–H groups in total. The van der Waals surface area contributed by atoms with E-state index in [1.165, 1.54) is 24.0 Å². The molecule has 2 aliphatic rings. The van der Waals surface area contributed by atoms with Gasteiger partial charge < -0.3 is 10.6 Å². The number of hydrogen-bond acceptors (Lipinski definition) is 2. The maximum absolute atomic E-state index is 11.8. The Hall–Kier alpha value is -1.35. The second kappa shape index (κ2) is 3.82. The third kappa shape index (κ3) is 1.50. The highest BCUT2D eigenvalue weighted by molar-refractivity contribution is 5.96. The summed E-state index contributed by atoms with van der Waals surface area (Å²) in [5.74, 6) is 0.213. The van der Waals surface area contributed by atoms with E-state index in [0.29, 0.717) is 6.42 Å². The molecule has 0 bridgehead atoms. The number of carbonyl (C=O) groups excluding carboxylic acids is 1. The molecule has 1 amide bonds. The van der Waals surface area contributed by atoms with Crippen LogP contribution in [0, 0.1) is 0 Å². The van der Waals surface area contributed by atoms with Gasteiger partial charge in [0.2, 0.25) is 5.91 Å². The maximum Gasteiger partial charge on any atom is 0.227 e. The number of carbonyl (C=O) groups is 1. The van der Waals surface area contributed by atoms with Gasteiger partial charge in [-0.05, 0) is 43.4 Å². The van der Waals surface area contributed by atoms with E-state index in [4.69, 9.17) is 5.73 Å². The Kier molecular flexibility index (Phi) is 2.49. The van der Waals surface area contributed by atoms with Gasteiger partial charge in [-0.1, -0.05) is 12.1 Å². The van der Waals surface area contributed by atoms with Crippen molar-refractivity contribution in [2.24, 2.45) is 5.73 Å². The molecule has 1 aliphatic heterocycles. The molecule has 3 rings (SSSR count). The van der Waals surface area contributed by atoms with Crippen molar-refractivity contribution in [3.05, 3.63) is 29.3 Å². The van der Waals surface area contributed by atoms with E-state index in [-0.39, 0.29) is 17.4 Å². The van der Waals surface area contributed by atoms with E-state index in [2.05, 4.69) is 19.1 Å². The van der Waals surface area contributed by atoms with Crippen LogP contribution in [0.25, 0.3) is 0 Å². The molecule has 1 aromatic rings.